The third kappa shape index (κ3) is 4.98. The van der Waals surface area contributed by atoms with Crippen LogP contribution in [0.4, 0.5) is 13.2 Å². The van der Waals surface area contributed by atoms with Crippen LogP contribution in [0.15, 0.2) is 82.6 Å². The Hall–Kier alpha value is -3.33. The Morgan fingerprint density at radius 1 is 0.867 bits per heavy atom. The second kappa shape index (κ2) is 8.19. The Morgan fingerprint density at radius 2 is 1.43 bits per heavy atom. The summed E-state index contributed by atoms with van der Waals surface area (Å²) in [4.78, 5) is 10.8. The van der Waals surface area contributed by atoms with Crippen LogP contribution in [0.25, 0.3) is 0 Å². The fourth-order valence-electron chi connectivity index (χ4n) is 2.67. The van der Waals surface area contributed by atoms with Crippen LogP contribution in [-0.2, 0) is 27.2 Å². The number of hydrogen-bond donors (Lipinski definition) is 1. The van der Waals surface area contributed by atoms with E-state index in [0.717, 1.165) is 12.1 Å². The summed E-state index contributed by atoms with van der Waals surface area (Å²) < 4.78 is 68.8. The minimum absolute atomic E-state index is 0.0326. The highest BCUT2D eigenvalue weighted by Gasteiger charge is 2.30. The van der Waals surface area contributed by atoms with Crippen LogP contribution < -0.4 is 4.74 Å². The van der Waals surface area contributed by atoms with Crippen molar-refractivity contribution in [2.24, 2.45) is 0 Å². The molecule has 0 aliphatic rings. The molecule has 0 amide bonds. The third-order valence-electron chi connectivity index (χ3n) is 4.12. The molecule has 0 aliphatic heterocycles. The molecule has 0 bridgehead atoms. The molecule has 1 N–H and O–H groups in total. The van der Waals surface area contributed by atoms with Gasteiger partial charge in [-0.1, -0.05) is 12.1 Å². The zero-order valence-corrected chi connectivity index (χ0v) is 16.1. The first-order valence-electron chi connectivity index (χ1n) is 8.57. The van der Waals surface area contributed by atoms with Gasteiger partial charge < -0.3 is 9.84 Å². The molecule has 3 aromatic carbocycles. The van der Waals surface area contributed by atoms with Gasteiger partial charge >= 0.3 is 12.1 Å². The van der Waals surface area contributed by atoms with Gasteiger partial charge in [0.25, 0.3) is 0 Å². The lowest BCUT2D eigenvalue weighted by Crippen LogP contribution is -2.05. The zero-order chi connectivity index (χ0) is 21.9. The third-order valence-corrected chi connectivity index (χ3v) is 5.88. The van der Waals surface area contributed by atoms with Gasteiger partial charge in [0, 0.05) is 0 Å². The van der Waals surface area contributed by atoms with Crippen molar-refractivity contribution in [1.29, 1.82) is 0 Å². The van der Waals surface area contributed by atoms with E-state index in [4.69, 9.17) is 9.84 Å². The molecule has 0 radical (unpaired) electrons. The molecule has 0 aliphatic carbocycles. The molecule has 30 heavy (non-hydrogen) atoms. The van der Waals surface area contributed by atoms with Crippen molar-refractivity contribution in [3.8, 4) is 11.5 Å². The Balaban J connectivity index is 1.79. The number of carbonyl (C=O) groups is 1. The van der Waals surface area contributed by atoms with E-state index in [0.29, 0.717) is 5.56 Å². The average Bonchev–Trinajstić information content (AvgIpc) is 2.68. The number of benzene rings is 3. The first kappa shape index (κ1) is 21.4. The smallest absolute Gasteiger partial charge is 0.416 e. The quantitative estimate of drug-likeness (QED) is 0.591. The Bertz CT molecular complexity index is 1150. The monoisotopic (exact) mass is 436 g/mol. The molecule has 0 fully saturated rings. The van der Waals surface area contributed by atoms with Gasteiger partial charge in [-0.15, -0.1) is 0 Å². The second-order valence-corrected chi connectivity index (χ2v) is 8.27. The number of aliphatic carboxylic acids is 1. The van der Waals surface area contributed by atoms with E-state index in [1.54, 1.807) is 0 Å². The average molecular weight is 436 g/mol. The van der Waals surface area contributed by atoms with E-state index in [9.17, 15) is 26.4 Å². The first-order valence-corrected chi connectivity index (χ1v) is 10.0. The predicted molar refractivity (Wildman–Crippen MR) is 101 cm³/mol. The summed E-state index contributed by atoms with van der Waals surface area (Å²) in [6, 6.07) is 15.1. The lowest BCUT2D eigenvalue weighted by molar-refractivity contribution is -0.138. The molecule has 0 unspecified atom stereocenters. The molecule has 0 aromatic heterocycles. The van der Waals surface area contributed by atoms with E-state index in [-0.39, 0.29) is 27.7 Å². The summed E-state index contributed by atoms with van der Waals surface area (Å²) in [5.41, 5.74) is -0.452. The molecule has 0 saturated carbocycles. The Labute approximate surface area is 170 Å². The number of alkyl halides is 3. The molecule has 0 spiro atoms. The van der Waals surface area contributed by atoms with Gasteiger partial charge in [0.15, 0.2) is 0 Å². The molecular weight excluding hydrogens is 421 g/mol. The van der Waals surface area contributed by atoms with Crippen molar-refractivity contribution in [1.82, 2.24) is 0 Å². The molecule has 0 saturated heterocycles. The lowest BCUT2D eigenvalue weighted by Gasteiger charge is -2.10. The molecule has 3 rings (SSSR count). The van der Waals surface area contributed by atoms with Gasteiger partial charge in [-0.25, -0.2) is 8.42 Å². The highest BCUT2D eigenvalue weighted by molar-refractivity contribution is 7.91. The van der Waals surface area contributed by atoms with Crippen molar-refractivity contribution in [3.63, 3.8) is 0 Å². The van der Waals surface area contributed by atoms with Crippen molar-refractivity contribution in [2.45, 2.75) is 22.4 Å². The standard InChI is InChI=1S/C21H15F3O5S/c22-21(23,24)15-4-6-16(7-5-15)29-17-8-10-18(11-9-17)30(27,28)19-3-1-2-14(12-19)13-20(25)26/h1-12H,13H2,(H,25,26). The maximum Gasteiger partial charge on any atom is 0.416 e. The summed E-state index contributed by atoms with van der Waals surface area (Å²) in [5.74, 6) is -0.664. The molecule has 3 aromatic rings. The van der Waals surface area contributed by atoms with E-state index in [1.165, 1.54) is 60.7 Å². The molecule has 9 heteroatoms. The first-order chi connectivity index (χ1) is 14.1. The molecule has 156 valence electrons. The van der Waals surface area contributed by atoms with Crippen LogP contribution in [0, 0.1) is 0 Å². The minimum atomic E-state index is -4.45. The Kier molecular flexibility index (Phi) is 5.84. The fourth-order valence-corrected chi connectivity index (χ4v) is 4.00. The van der Waals surface area contributed by atoms with E-state index in [1.807, 2.05) is 0 Å². The van der Waals surface area contributed by atoms with Crippen molar-refractivity contribution < 1.29 is 36.2 Å². The van der Waals surface area contributed by atoms with E-state index < -0.39 is 27.5 Å². The second-order valence-electron chi connectivity index (χ2n) is 6.32. The maximum atomic E-state index is 12.8. The van der Waals surface area contributed by atoms with Gasteiger partial charge in [0.2, 0.25) is 9.84 Å². The summed E-state index contributed by atoms with van der Waals surface area (Å²) in [6.45, 7) is 0. The number of carboxylic acids is 1. The van der Waals surface area contributed by atoms with Crippen molar-refractivity contribution in [3.05, 3.63) is 83.9 Å². The van der Waals surface area contributed by atoms with Gasteiger partial charge in [-0.05, 0) is 66.2 Å². The number of carboxylic acid groups (broad SMARTS) is 1. The van der Waals surface area contributed by atoms with E-state index in [2.05, 4.69) is 0 Å². The number of ether oxygens (including phenoxy) is 1. The summed E-state index contributed by atoms with van der Waals surface area (Å²) >= 11 is 0. The number of hydrogen-bond acceptors (Lipinski definition) is 4. The maximum absolute atomic E-state index is 12.8. The van der Waals surface area contributed by atoms with Crippen LogP contribution in [0.3, 0.4) is 0 Å². The van der Waals surface area contributed by atoms with Crippen molar-refractivity contribution >= 4 is 15.8 Å². The Morgan fingerprint density at radius 3 is 1.97 bits per heavy atom. The zero-order valence-electron chi connectivity index (χ0n) is 15.3. The number of sulfone groups is 1. The van der Waals surface area contributed by atoms with Crippen LogP contribution in [0.5, 0.6) is 11.5 Å². The van der Waals surface area contributed by atoms with Gasteiger partial charge in [0.05, 0.1) is 21.8 Å². The van der Waals surface area contributed by atoms with Crippen LogP contribution >= 0.6 is 0 Å². The normalized spacial score (nSPS) is 11.8. The van der Waals surface area contributed by atoms with Crippen LogP contribution in [-0.4, -0.2) is 19.5 Å². The van der Waals surface area contributed by atoms with E-state index >= 15 is 0 Å². The van der Waals surface area contributed by atoms with Crippen molar-refractivity contribution in [2.75, 3.05) is 0 Å². The topological polar surface area (TPSA) is 80.7 Å². The minimum Gasteiger partial charge on any atom is -0.481 e. The molecule has 0 heterocycles. The number of halogens is 3. The largest absolute Gasteiger partial charge is 0.481 e. The fraction of sp³-hybridized carbons (Fsp3) is 0.0952. The van der Waals surface area contributed by atoms with Gasteiger partial charge in [-0.2, -0.15) is 13.2 Å². The summed E-state index contributed by atoms with van der Waals surface area (Å²) in [6.07, 6.45) is -4.75. The van der Waals surface area contributed by atoms with Crippen LogP contribution in [0.2, 0.25) is 0 Å². The number of rotatable bonds is 6. The predicted octanol–water partition coefficient (Wildman–Crippen LogP) is 4.96. The molecule has 5 nitrogen and oxygen atoms in total. The highest BCUT2D eigenvalue weighted by Crippen LogP contribution is 2.32. The summed E-state index contributed by atoms with van der Waals surface area (Å²) in [7, 11) is -3.88. The summed E-state index contributed by atoms with van der Waals surface area (Å²) in [5, 5.41) is 8.87. The van der Waals surface area contributed by atoms with Gasteiger partial charge in [-0.3, -0.25) is 4.79 Å². The van der Waals surface area contributed by atoms with Crippen LogP contribution in [0.1, 0.15) is 11.1 Å². The lowest BCUT2D eigenvalue weighted by atomic mass is 10.2. The SMILES string of the molecule is O=C(O)Cc1cccc(S(=O)(=O)c2ccc(Oc3ccc(C(F)(F)F)cc3)cc2)c1. The van der Waals surface area contributed by atoms with Gasteiger partial charge in [0.1, 0.15) is 11.5 Å². The highest BCUT2D eigenvalue weighted by atomic mass is 32.2. The molecular formula is C21H15F3O5S. The molecule has 0 atom stereocenters.